The summed E-state index contributed by atoms with van der Waals surface area (Å²) in [6, 6.07) is 15.7. The van der Waals surface area contributed by atoms with E-state index >= 15 is 0 Å². The number of ether oxygens (including phenoxy) is 1. The van der Waals surface area contributed by atoms with Crippen molar-refractivity contribution in [1.82, 2.24) is 5.32 Å². The van der Waals surface area contributed by atoms with Crippen molar-refractivity contribution in [2.24, 2.45) is 0 Å². The second kappa shape index (κ2) is 8.98. The summed E-state index contributed by atoms with van der Waals surface area (Å²) in [5, 5.41) is 5.09. The highest BCUT2D eigenvalue weighted by atomic mass is 79.9. The van der Waals surface area contributed by atoms with Crippen molar-refractivity contribution in [1.29, 1.82) is 0 Å². The molecule has 0 aliphatic carbocycles. The molecule has 0 radical (unpaired) electrons. The minimum atomic E-state index is -0.979. The van der Waals surface area contributed by atoms with E-state index in [0.29, 0.717) is 15.7 Å². The molecule has 0 aliphatic rings. The number of halogens is 1. The van der Waals surface area contributed by atoms with Gasteiger partial charge in [0, 0.05) is 10.2 Å². The minimum absolute atomic E-state index is 0.330. The summed E-state index contributed by atoms with van der Waals surface area (Å²) in [6.07, 6.45) is -0.979. The molecule has 0 aliphatic heterocycles. The molecule has 0 saturated heterocycles. The van der Waals surface area contributed by atoms with Gasteiger partial charge in [-0.1, -0.05) is 30.3 Å². The Labute approximate surface area is 153 Å². The highest BCUT2D eigenvalue weighted by Crippen LogP contribution is 2.15. The van der Waals surface area contributed by atoms with E-state index in [0.717, 1.165) is 0 Å². The van der Waals surface area contributed by atoms with Gasteiger partial charge in [-0.15, -0.1) is 0 Å². The fraction of sp³-hybridized carbons (Fsp3) is 0.167. The summed E-state index contributed by atoms with van der Waals surface area (Å²) in [5.74, 6) is -1.56. The normalized spacial score (nSPS) is 11.3. The highest BCUT2D eigenvalue weighted by molar-refractivity contribution is 9.10. The number of hydrogen-bond donors (Lipinski definition) is 2. The summed E-state index contributed by atoms with van der Waals surface area (Å²) in [5.41, 5.74) is 1.02. The third-order valence-corrected chi connectivity index (χ3v) is 3.92. The van der Waals surface area contributed by atoms with Gasteiger partial charge in [-0.05, 0) is 47.1 Å². The van der Waals surface area contributed by atoms with Crippen LogP contribution in [0.4, 0.5) is 5.69 Å². The Morgan fingerprint density at radius 2 is 1.68 bits per heavy atom. The lowest BCUT2D eigenvalue weighted by molar-refractivity contribution is -0.152. The van der Waals surface area contributed by atoms with E-state index in [9.17, 15) is 14.4 Å². The molecule has 0 spiro atoms. The standard InChI is InChI=1S/C18H17BrN2O4/c1-12(17(23)21-13-7-3-2-4-8-13)25-16(22)11-20-18(24)14-9-5-6-10-15(14)19/h2-10,12H,11H2,1H3,(H,20,24)(H,21,23)/t12-/m0/s1. The van der Waals surface area contributed by atoms with Gasteiger partial charge >= 0.3 is 5.97 Å². The van der Waals surface area contributed by atoms with Crippen LogP contribution in [-0.2, 0) is 14.3 Å². The number of nitrogens with one attached hydrogen (secondary N) is 2. The van der Waals surface area contributed by atoms with Crippen LogP contribution in [-0.4, -0.2) is 30.4 Å². The average molecular weight is 405 g/mol. The van der Waals surface area contributed by atoms with Gasteiger partial charge in [-0.3, -0.25) is 14.4 Å². The first kappa shape index (κ1) is 18.7. The summed E-state index contributed by atoms with van der Waals surface area (Å²) in [4.78, 5) is 35.8. The van der Waals surface area contributed by atoms with E-state index in [2.05, 4.69) is 26.6 Å². The van der Waals surface area contributed by atoms with Crippen LogP contribution in [0.1, 0.15) is 17.3 Å². The number of esters is 1. The monoisotopic (exact) mass is 404 g/mol. The van der Waals surface area contributed by atoms with E-state index in [4.69, 9.17) is 4.74 Å². The molecule has 2 aromatic rings. The first-order chi connectivity index (χ1) is 12.0. The maximum atomic E-state index is 12.0. The molecule has 0 aromatic heterocycles. The van der Waals surface area contributed by atoms with Gasteiger partial charge in [0.25, 0.3) is 11.8 Å². The van der Waals surface area contributed by atoms with Crippen molar-refractivity contribution in [3.8, 4) is 0 Å². The summed E-state index contributed by atoms with van der Waals surface area (Å²) in [7, 11) is 0. The molecule has 25 heavy (non-hydrogen) atoms. The Morgan fingerprint density at radius 3 is 2.36 bits per heavy atom. The van der Waals surface area contributed by atoms with E-state index < -0.39 is 23.9 Å². The second-order valence-corrected chi connectivity index (χ2v) is 6.00. The first-order valence-electron chi connectivity index (χ1n) is 7.55. The van der Waals surface area contributed by atoms with Gasteiger partial charge < -0.3 is 15.4 Å². The topological polar surface area (TPSA) is 84.5 Å². The van der Waals surface area contributed by atoms with Crippen molar-refractivity contribution in [2.45, 2.75) is 13.0 Å². The van der Waals surface area contributed by atoms with Crippen molar-refractivity contribution < 1.29 is 19.1 Å². The Hall–Kier alpha value is -2.67. The average Bonchev–Trinajstić information content (AvgIpc) is 2.61. The number of carbonyl (C=O) groups is 3. The van der Waals surface area contributed by atoms with Crippen LogP contribution >= 0.6 is 15.9 Å². The fourth-order valence-corrected chi connectivity index (χ4v) is 2.42. The van der Waals surface area contributed by atoms with Crippen LogP contribution in [0.3, 0.4) is 0 Å². The summed E-state index contributed by atoms with van der Waals surface area (Å²) >= 11 is 3.26. The lowest BCUT2D eigenvalue weighted by Gasteiger charge is -2.14. The zero-order valence-electron chi connectivity index (χ0n) is 13.5. The maximum Gasteiger partial charge on any atom is 0.326 e. The van der Waals surface area contributed by atoms with Crippen LogP contribution < -0.4 is 10.6 Å². The van der Waals surface area contributed by atoms with E-state index in [1.165, 1.54) is 6.92 Å². The van der Waals surface area contributed by atoms with Gasteiger partial charge in [-0.2, -0.15) is 0 Å². The SMILES string of the molecule is C[C@H](OC(=O)CNC(=O)c1ccccc1Br)C(=O)Nc1ccccc1. The van der Waals surface area contributed by atoms with Gasteiger partial charge in [0.15, 0.2) is 6.10 Å². The van der Waals surface area contributed by atoms with Crippen molar-refractivity contribution in [3.05, 3.63) is 64.6 Å². The fourth-order valence-electron chi connectivity index (χ4n) is 1.95. The van der Waals surface area contributed by atoms with Crippen molar-refractivity contribution in [3.63, 3.8) is 0 Å². The maximum absolute atomic E-state index is 12.0. The molecule has 2 aromatic carbocycles. The van der Waals surface area contributed by atoms with E-state index in [1.807, 2.05) is 6.07 Å². The quantitative estimate of drug-likeness (QED) is 0.724. The lowest BCUT2D eigenvalue weighted by Crippen LogP contribution is -2.35. The molecule has 7 heteroatoms. The van der Waals surface area contributed by atoms with Crippen LogP contribution in [0.15, 0.2) is 59.1 Å². The van der Waals surface area contributed by atoms with Gasteiger partial charge in [0.1, 0.15) is 6.54 Å². The predicted molar refractivity (Wildman–Crippen MR) is 97.1 cm³/mol. The number of carbonyl (C=O) groups excluding carboxylic acids is 3. The molecule has 0 unspecified atom stereocenters. The van der Waals surface area contributed by atoms with Crippen LogP contribution in [0.25, 0.3) is 0 Å². The molecular weight excluding hydrogens is 388 g/mol. The molecule has 6 nitrogen and oxygen atoms in total. The third-order valence-electron chi connectivity index (χ3n) is 3.23. The zero-order valence-corrected chi connectivity index (χ0v) is 15.1. The molecule has 0 fully saturated rings. The Bertz CT molecular complexity index is 765. The van der Waals surface area contributed by atoms with Crippen LogP contribution in [0.5, 0.6) is 0 Å². The Kier molecular flexibility index (Phi) is 6.71. The molecule has 130 valence electrons. The second-order valence-electron chi connectivity index (χ2n) is 5.15. The Morgan fingerprint density at radius 1 is 1.04 bits per heavy atom. The van der Waals surface area contributed by atoms with Gasteiger partial charge in [0.2, 0.25) is 0 Å². The molecule has 1 atom stereocenters. The molecule has 2 N–H and O–H groups in total. The predicted octanol–water partition coefficient (Wildman–Crippen LogP) is 2.75. The molecule has 2 amide bonds. The number of anilines is 1. The van der Waals surface area contributed by atoms with Crippen LogP contribution in [0.2, 0.25) is 0 Å². The molecule has 0 heterocycles. The summed E-state index contributed by atoms with van der Waals surface area (Å²) in [6.45, 7) is 1.13. The van der Waals surface area contributed by atoms with Crippen LogP contribution in [0, 0.1) is 0 Å². The smallest absolute Gasteiger partial charge is 0.326 e. The number of para-hydroxylation sites is 1. The lowest BCUT2D eigenvalue weighted by atomic mass is 10.2. The third kappa shape index (κ3) is 5.72. The number of benzene rings is 2. The number of rotatable bonds is 6. The number of amides is 2. The highest BCUT2D eigenvalue weighted by Gasteiger charge is 2.19. The Balaban J connectivity index is 1.80. The summed E-state index contributed by atoms with van der Waals surface area (Å²) < 4.78 is 5.65. The van der Waals surface area contributed by atoms with Gasteiger partial charge in [0.05, 0.1) is 5.56 Å². The van der Waals surface area contributed by atoms with Crippen molar-refractivity contribution in [2.75, 3.05) is 11.9 Å². The minimum Gasteiger partial charge on any atom is -0.451 e. The van der Waals surface area contributed by atoms with Gasteiger partial charge in [-0.25, -0.2) is 0 Å². The number of hydrogen-bond acceptors (Lipinski definition) is 4. The van der Waals surface area contributed by atoms with Crippen molar-refractivity contribution >= 4 is 39.4 Å². The first-order valence-corrected chi connectivity index (χ1v) is 8.35. The molecule has 2 rings (SSSR count). The largest absolute Gasteiger partial charge is 0.451 e. The molecule has 0 saturated carbocycles. The molecular formula is C18H17BrN2O4. The van der Waals surface area contributed by atoms with E-state index in [1.54, 1.807) is 48.5 Å². The molecule has 0 bridgehead atoms. The van der Waals surface area contributed by atoms with E-state index in [-0.39, 0.29) is 6.54 Å². The zero-order chi connectivity index (χ0) is 18.2.